The number of ether oxygens (including phenoxy) is 1. The van der Waals surface area contributed by atoms with Gasteiger partial charge in [-0.2, -0.15) is 0 Å². The number of anilines is 1. The first-order chi connectivity index (χ1) is 7.70. The van der Waals surface area contributed by atoms with E-state index in [1.54, 1.807) is 0 Å². The molecular weight excluding hydrogens is 256 g/mol. The molecule has 1 aromatic rings. The second kappa shape index (κ2) is 4.28. The summed E-state index contributed by atoms with van der Waals surface area (Å²) in [5.41, 5.74) is 3.91. The van der Waals surface area contributed by atoms with Gasteiger partial charge < -0.3 is 10.5 Å². The summed E-state index contributed by atoms with van der Waals surface area (Å²) in [6.07, 6.45) is 0.617. The molecule has 0 saturated carbocycles. The van der Waals surface area contributed by atoms with Gasteiger partial charge in [0.2, 0.25) is 0 Å². The van der Waals surface area contributed by atoms with Gasteiger partial charge in [-0.25, -0.2) is 22.0 Å². The van der Waals surface area contributed by atoms with E-state index in [1.807, 2.05) is 0 Å². The van der Waals surface area contributed by atoms with E-state index in [-0.39, 0.29) is 0 Å². The van der Waals surface area contributed by atoms with Crippen LogP contribution in [0.1, 0.15) is 10.4 Å². The highest BCUT2D eigenvalue weighted by Gasteiger charge is 2.28. The van der Waals surface area contributed by atoms with Crippen LogP contribution in [-0.2, 0) is 14.6 Å². The quantitative estimate of drug-likeness (QED) is 0.629. The van der Waals surface area contributed by atoms with E-state index >= 15 is 0 Å². The van der Waals surface area contributed by atoms with Crippen molar-refractivity contribution in [1.82, 2.24) is 0 Å². The van der Waals surface area contributed by atoms with Crippen molar-refractivity contribution in [3.05, 3.63) is 23.3 Å². The Kier molecular flexibility index (Phi) is 3.37. The molecule has 0 bridgehead atoms. The maximum atomic E-state index is 13.7. The Bertz CT molecular complexity index is 583. The number of carbonyl (C=O) groups is 1. The first-order valence-corrected chi connectivity index (χ1v) is 6.15. The molecule has 2 N–H and O–H groups in total. The molecule has 5 nitrogen and oxygen atoms in total. The molecule has 94 valence electrons. The van der Waals surface area contributed by atoms with Crippen LogP contribution < -0.4 is 5.73 Å². The van der Waals surface area contributed by atoms with Gasteiger partial charge in [0.1, 0.15) is 16.3 Å². The van der Waals surface area contributed by atoms with Crippen LogP contribution in [0.25, 0.3) is 0 Å². The van der Waals surface area contributed by atoms with Crippen LogP contribution >= 0.6 is 0 Å². The van der Waals surface area contributed by atoms with Crippen molar-refractivity contribution >= 4 is 21.5 Å². The number of halogens is 2. The van der Waals surface area contributed by atoms with Crippen molar-refractivity contribution in [2.24, 2.45) is 0 Å². The van der Waals surface area contributed by atoms with E-state index in [0.29, 0.717) is 12.3 Å². The second-order valence-electron chi connectivity index (χ2n) is 3.23. The number of methoxy groups -OCH3 is 1. The lowest BCUT2D eigenvalue weighted by Crippen LogP contribution is -2.14. The van der Waals surface area contributed by atoms with E-state index in [1.165, 1.54) is 0 Å². The summed E-state index contributed by atoms with van der Waals surface area (Å²) in [6, 6.07) is 0.561. The molecule has 0 radical (unpaired) electrons. The predicted molar refractivity (Wildman–Crippen MR) is 55.2 cm³/mol. The summed E-state index contributed by atoms with van der Waals surface area (Å²) < 4.78 is 53.6. The molecule has 0 aliphatic rings. The maximum Gasteiger partial charge on any atom is 0.343 e. The number of carbonyl (C=O) groups excluding carboxylic acids is 1. The number of hydrogen-bond acceptors (Lipinski definition) is 5. The highest BCUT2D eigenvalue weighted by molar-refractivity contribution is 7.90. The minimum atomic E-state index is -4.16. The Labute approximate surface area is 96.1 Å². The molecule has 0 spiro atoms. The zero-order valence-corrected chi connectivity index (χ0v) is 9.77. The number of nitrogen functional groups attached to an aromatic ring is 1. The zero-order chi connectivity index (χ0) is 13.4. The van der Waals surface area contributed by atoms with Gasteiger partial charge in [0.15, 0.2) is 15.7 Å². The fraction of sp³-hybridized carbons (Fsp3) is 0.222. The molecular formula is C9H9F2NO4S. The summed E-state index contributed by atoms with van der Waals surface area (Å²) in [4.78, 5) is 9.98. The van der Waals surface area contributed by atoms with Gasteiger partial charge in [0, 0.05) is 6.26 Å². The molecule has 0 atom stereocenters. The molecule has 0 aliphatic carbocycles. The highest BCUT2D eigenvalue weighted by atomic mass is 32.2. The average molecular weight is 265 g/mol. The minimum absolute atomic E-state index is 0.528. The number of nitrogens with two attached hydrogens (primary N) is 1. The van der Waals surface area contributed by atoms with Crippen LogP contribution in [0.3, 0.4) is 0 Å². The fourth-order valence-corrected chi connectivity index (χ4v) is 2.11. The summed E-state index contributed by atoms with van der Waals surface area (Å²) in [5, 5.41) is 0. The van der Waals surface area contributed by atoms with Crippen molar-refractivity contribution in [2.45, 2.75) is 4.90 Å². The molecule has 0 unspecified atom stereocenters. The molecule has 8 heteroatoms. The molecule has 0 aliphatic heterocycles. The molecule has 17 heavy (non-hydrogen) atoms. The van der Waals surface area contributed by atoms with Crippen LogP contribution in [0.5, 0.6) is 0 Å². The first kappa shape index (κ1) is 13.4. The monoisotopic (exact) mass is 265 g/mol. The highest BCUT2D eigenvalue weighted by Crippen LogP contribution is 2.27. The lowest BCUT2D eigenvalue weighted by Gasteiger charge is -2.09. The van der Waals surface area contributed by atoms with Gasteiger partial charge in [-0.1, -0.05) is 0 Å². The third-order valence-electron chi connectivity index (χ3n) is 1.97. The van der Waals surface area contributed by atoms with Crippen LogP contribution in [-0.4, -0.2) is 27.8 Å². The van der Waals surface area contributed by atoms with E-state index in [2.05, 4.69) is 4.74 Å². The normalized spacial score (nSPS) is 11.3. The molecule has 0 heterocycles. The fourth-order valence-electron chi connectivity index (χ4n) is 1.27. The number of sulfone groups is 1. The predicted octanol–water partition coefficient (Wildman–Crippen LogP) is 0.737. The molecule has 1 aromatic carbocycles. The van der Waals surface area contributed by atoms with Gasteiger partial charge >= 0.3 is 5.97 Å². The Morgan fingerprint density at radius 3 is 2.35 bits per heavy atom. The Hall–Kier alpha value is -1.70. The van der Waals surface area contributed by atoms with Crippen molar-refractivity contribution in [3.63, 3.8) is 0 Å². The van der Waals surface area contributed by atoms with Crippen LogP contribution in [0.4, 0.5) is 14.5 Å². The summed E-state index contributed by atoms with van der Waals surface area (Å²) in [5.74, 6) is -4.07. The SMILES string of the molecule is COC(=O)c1c(N)cc(F)c(S(C)(=O)=O)c1F. The van der Waals surface area contributed by atoms with E-state index in [9.17, 15) is 22.0 Å². The van der Waals surface area contributed by atoms with Crippen LogP contribution in [0, 0.1) is 11.6 Å². The van der Waals surface area contributed by atoms with Crippen LogP contribution in [0.15, 0.2) is 11.0 Å². The van der Waals surface area contributed by atoms with Gasteiger partial charge in [0.25, 0.3) is 0 Å². The van der Waals surface area contributed by atoms with Crippen molar-refractivity contribution in [2.75, 3.05) is 19.1 Å². The molecule has 0 amide bonds. The summed E-state index contributed by atoms with van der Waals surface area (Å²) in [7, 11) is -3.20. The topological polar surface area (TPSA) is 86.5 Å². The third-order valence-corrected chi connectivity index (χ3v) is 3.08. The van der Waals surface area contributed by atoms with Crippen molar-refractivity contribution in [3.8, 4) is 0 Å². The molecule has 0 saturated heterocycles. The Morgan fingerprint density at radius 1 is 1.41 bits per heavy atom. The number of rotatable bonds is 2. The zero-order valence-electron chi connectivity index (χ0n) is 8.95. The van der Waals surface area contributed by atoms with Gasteiger partial charge in [-0.15, -0.1) is 0 Å². The van der Waals surface area contributed by atoms with E-state index in [0.717, 1.165) is 7.11 Å². The minimum Gasteiger partial charge on any atom is -0.465 e. The van der Waals surface area contributed by atoms with Gasteiger partial charge in [-0.3, -0.25) is 0 Å². The third kappa shape index (κ3) is 2.36. The first-order valence-electron chi connectivity index (χ1n) is 4.26. The standard InChI is InChI=1S/C9H9F2NO4S/c1-16-9(13)6-5(12)3-4(10)8(7(6)11)17(2,14)15/h3H,12H2,1-2H3. The number of benzene rings is 1. The second-order valence-corrected chi connectivity index (χ2v) is 5.18. The lowest BCUT2D eigenvalue weighted by atomic mass is 10.1. The summed E-state index contributed by atoms with van der Waals surface area (Å²) >= 11 is 0. The Morgan fingerprint density at radius 2 is 1.94 bits per heavy atom. The lowest BCUT2D eigenvalue weighted by molar-refractivity contribution is 0.0596. The van der Waals surface area contributed by atoms with Gasteiger partial charge in [0.05, 0.1) is 12.8 Å². The smallest absolute Gasteiger partial charge is 0.343 e. The number of esters is 1. The molecule has 0 aromatic heterocycles. The molecule has 0 fully saturated rings. The van der Waals surface area contributed by atoms with E-state index < -0.39 is 43.6 Å². The van der Waals surface area contributed by atoms with Crippen molar-refractivity contribution < 1.29 is 26.7 Å². The van der Waals surface area contributed by atoms with Crippen LogP contribution in [0.2, 0.25) is 0 Å². The van der Waals surface area contributed by atoms with E-state index in [4.69, 9.17) is 5.73 Å². The van der Waals surface area contributed by atoms with Crippen molar-refractivity contribution in [1.29, 1.82) is 0 Å². The summed E-state index contributed by atoms with van der Waals surface area (Å²) in [6.45, 7) is 0. The largest absolute Gasteiger partial charge is 0.465 e. The maximum absolute atomic E-state index is 13.7. The number of hydrogen-bond donors (Lipinski definition) is 1. The van der Waals surface area contributed by atoms with Gasteiger partial charge in [-0.05, 0) is 6.07 Å². The average Bonchev–Trinajstić information content (AvgIpc) is 2.13. The molecule has 1 rings (SSSR count). The Balaban J connectivity index is 3.73.